The number of nitrogens with two attached hydrogens (primary N) is 1. The summed E-state index contributed by atoms with van der Waals surface area (Å²) in [7, 11) is 0. The van der Waals surface area contributed by atoms with E-state index >= 15 is 0 Å². The Morgan fingerprint density at radius 3 is 2.06 bits per heavy atom. The normalized spacial score (nSPS) is 10.8. The Bertz CT molecular complexity index is 303. The Morgan fingerprint density at radius 1 is 1.19 bits per heavy atom. The van der Waals surface area contributed by atoms with Crippen LogP contribution in [0.1, 0.15) is 12.8 Å². The van der Waals surface area contributed by atoms with Crippen molar-refractivity contribution in [3.8, 4) is 0 Å². The van der Waals surface area contributed by atoms with Gasteiger partial charge in [-0.05, 0) is 6.42 Å². The van der Waals surface area contributed by atoms with E-state index in [9.17, 15) is 19.2 Å². The zero-order valence-electron chi connectivity index (χ0n) is 7.50. The molecule has 0 spiro atoms. The van der Waals surface area contributed by atoms with Crippen LogP contribution in [-0.2, 0) is 23.9 Å². The van der Waals surface area contributed by atoms with Gasteiger partial charge in [0, 0.05) is 6.42 Å². The first kappa shape index (κ1) is 17.4. The Hall–Kier alpha value is -0.960. The molecular weight excluding hydrogens is 233 g/mol. The molecule has 0 aliphatic heterocycles. The number of ether oxygens (including phenoxy) is 1. The van der Waals surface area contributed by atoms with Crippen molar-refractivity contribution >= 4 is 53.4 Å². The standard InChI is InChI=1S/C7H9NO7.Na.H/c8-3(5(10)11)1-2-4(9)15-7(14)6(12)13;;/h3H,1-2,8H2,(H,10,11)(H,12,13);;/t3-;;/m0../s1. The van der Waals surface area contributed by atoms with Gasteiger partial charge in [0.2, 0.25) is 0 Å². The predicted octanol–water partition coefficient (Wildman–Crippen LogP) is -2.32. The second-order valence-electron chi connectivity index (χ2n) is 2.55. The van der Waals surface area contributed by atoms with E-state index in [-0.39, 0.29) is 36.0 Å². The van der Waals surface area contributed by atoms with Crippen LogP contribution in [0.5, 0.6) is 0 Å². The maximum atomic E-state index is 10.7. The van der Waals surface area contributed by atoms with Crippen LogP contribution in [0.4, 0.5) is 0 Å². The van der Waals surface area contributed by atoms with Gasteiger partial charge in [0.15, 0.2) is 0 Å². The van der Waals surface area contributed by atoms with Gasteiger partial charge in [-0.3, -0.25) is 9.59 Å². The fraction of sp³-hybridized carbons (Fsp3) is 0.429. The van der Waals surface area contributed by atoms with Gasteiger partial charge in [-0.15, -0.1) is 0 Å². The molecule has 1 atom stereocenters. The molecule has 9 heteroatoms. The SMILES string of the molecule is N[C@@H](CCC(=O)OC(=O)C(=O)O)C(=O)O.[NaH]. The monoisotopic (exact) mass is 243 g/mol. The van der Waals surface area contributed by atoms with Gasteiger partial charge in [0.1, 0.15) is 6.04 Å². The van der Waals surface area contributed by atoms with Gasteiger partial charge < -0.3 is 20.7 Å². The molecule has 4 N–H and O–H groups in total. The van der Waals surface area contributed by atoms with E-state index in [0.29, 0.717) is 0 Å². The van der Waals surface area contributed by atoms with Crippen molar-refractivity contribution in [2.75, 3.05) is 0 Å². The second kappa shape index (κ2) is 8.22. The van der Waals surface area contributed by atoms with Crippen molar-refractivity contribution in [1.82, 2.24) is 0 Å². The Morgan fingerprint density at radius 2 is 1.69 bits per heavy atom. The number of carbonyl (C=O) groups excluding carboxylic acids is 2. The summed E-state index contributed by atoms with van der Waals surface area (Å²) in [5.41, 5.74) is 5.05. The molecule has 0 fully saturated rings. The van der Waals surface area contributed by atoms with Gasteiger partial charge in [0.05, 0.1) is 0 Å². The van der Waals surface area contributed by atoms with Crippen LogP contribution in [0.2, 0.25) is 0 Å². The fourth-order valence-corrected chi connectivity index (χ4v) is 0.595. The number of rotatable bonds is 4. The molecule has 0 saturated heterocycles. The van der Waals surface area contributed by atoms with Crippen LogP contribution in [0.15, 0.2) is 0 Å². The number of hydrogen-bond donors (Lipinski definition) is 3. The van der Waals surface area contributed by atoms with E-state index in [0.717, 1.165) is 0 Å². The third-order valence-electron chi connectivity index (χ3n) is 1.36. The molecule has 0 heterocycles. The van der Waals surface area contributed by atoms with E-state index < -0.39 is 36.3 Å². The van der Waals surface area contributed by atoms with Crippen molar-refractivity contribution in [3.05, 3.63) is 0 Å². The second-order valence-corrected chi connectivity index (χ2v) is 2.55. The average Bonchev–Trinajstić information content (AvgIpc) is 2.13. The molecule has 0 bridgehead atoms. The summed E-state index contributed by atoms with van der Waals surface area (Å²) < 4.78 is 3.82. The first-order valence-corrected chi connectivity index (χ1v) is 3.81. The fourth-order valence-electron chi connectivity index (χ4n) is 0.595. The van der Waals surface area contributed by atoms with E-state index in [2.05, 4.69) is 4.74 Å². The van der Waals surface area contributed by atoms with Crippen LogP contribution >= 0.6 is 0 Å². The topological polar surface area (TPSA) is 144 Å². The Kier molecular flexibility index (Phi) is 8.96. The van der Waals surface area contributed by atoms with E-state index in [4.69, 9.17) is 15.9 Å². The summed E-state index contributed by atoms with van der Waals surface area (Å²) in [6, 6.07) is -1.25. The number of esters is 2. The van der Waals surface area contributed by atoms with Crippen LogP contribution in [0, 0.1) is 0 Å². The Labute approximate surface area is 112 Å². The summed E-state index contributed by atoms with van der Waals surface area (Å²) in [5.74, 6) is -6.03. The molecule has 0 aromatic heterocycles. The Balaban J connectivity index is 0. The first-order valence-electron chi connectivity index (χ1n) is 3.81. The van der Waals surface area contributed by atoms with Crippen LogP contribution in [0.25, 0.3) is 0 Å². The van der Waals surface area contributed by atoms with Crippen molar-refractivity contribution in [3.63, 3.8) is 0 Å². The summed E-state index contributed by atoms with van der Waals surface area (Å²) in [5, 5.41) is 16.4. The van der Waals surface area contributed by atoms with E-state index in [1.54, 1.807) is 0 Å². The van der Waals surface area contributed by atoms with Crippen molar-refractivity contribution < 1.29 is 34.1 Å². The molecular formula is C7H10NNaO7. The summed E-state index contributed by atoms with van der Waals surface area (Å²) in [6.07, 6.45) is -0.673. The molecule has 0 unspecified atom stereocenters. The third-order valence-corrected chi connectivity index (χ3v) is 1.36. The van der Waals surface area contributed by atoms with E-state index in [1.165, 1.54) is 0 Å². The molecule has 0 radical (unpaired) electrons. The van der Waals surface area contributed by atoms with E-state index in [1.807, 2.05) is 0 Å². The zero-order valence-corrected chi connectivity index (χ0v) is 7.50. The molecule has 0 aromatic carbocycles. The maximum absolute atomic E-state index is 10.7. The summed E-state index contributed by atoms with van der Waals surface area (Å²) in [4.78, 5) is 41.2. The quantitative estimate of drug-likeness (QED) is 0.216. The molecule has 0 aliphatic carbocycles. The molecule has 16 heavy (non-hydrogen) atoms. The van der Waals surface area contributed by atoms with Gasteiger partial charge in [-0.1, -0.05) is 0 Å². The summed E-state index contributed by atoms with van der Waals surface area (Å²) >= 11 is 0. The van der Waals surface area contributed by atoms with Gasteiger partial charge in [0.25, 0.3) is 0 Å². The van der Waals surface area contributed by atoms with Crippen molar-refractivity contribution in [1.29, 1.82) is 0 Å². The number of carboxylic acids is 2. The molecule has 0 rings (SSSR count). The molecule has 0 aliphatic rings. The van der Waals surface area contributed by atoms with Crippen molar-refractivity contribution in [2.45, 2.75) is 18.9 Å². The third kappa shape index (κ3) is 7.35. The first-order chi connectivity index (χ1) is 6.84. The van der Waals surface area contributed by atoms with Gasteiger partial charge in [-0.2, -0.15) is 0 Å². The van der Waals surface area contributed by atoms with Crippen LogP contribution < -0.4 is 5.73 Å². The summed E-state index contributed by atoms with van der Waals surface area (Å²) in [6.45, 7) is 0. The zero-order chi connectivity index (χ0) is 12.0. The molecule has 0 saturated carbocycles. The number of carboxylic acid groups (broad SMARTS) is 2. The molecule has 0 amide bonds. The number of hydrogen-bond acceptors (Lipinski definition) is 6. The van der Waals surface area contributed by atoms with Crippen LogP contribution in [0.3, 0.4) is 0 Å². The number of carbonyl (C=O) groups is 4. The van der Waals surface area contributed by atoms with Crippen LogP contribution in [-0.4, -0.2) is 69.7 Å². The predicted molar refractivity (Wildman–Crippen MR) is 50.7 cm³/mol. The average molecular weight is 243 g/mol. The molecule has 8 nitrogen and oxygen atoms in total. The minimum absolute atomic E-state index is 0. The van der Waals surface area contributed by atoms with Crippen molar-refractivity contribution in [2.24, 2.45) is 5.73 Å². The van der Waals surface area contributed by atoms with Gasteiger partial charge >= 0.3 is 53.4 Å². The number of aliphatic carboxylic acids is 2. The minimum atomic E-state index is -1.90. The molecule has 0 aromatic rings. The molecule has 86 valence electrons. The van der Waals surface area contributed by atoms with Gasteiger partial charge in [-0.25, -0.2) is 9.59 Å².